The number of piperazine rings is 1. The Morgan fingerprint density at radius 2 is 2.21 bits per heavy atom. The number of methoxy groups -OCH3 is 1. The van der Waals surface area contributed by atoms with E-state index in [1.54, 1.807) is 6.07 Å². The first-order valence-corrected chi connectivity index (χ1v) is 6.63. The van der Waals surface area contributed by atoms with Crippen molar-refractivity contribution in [3.05, 3.63) is 29.8 Å². The number of ether oxygens (including phenoxy) is 1. The van der Waals surface area contributed by atoms with Crippen molar-refractivity contribution in [1.82, 2.24) is 5.32 Å². The highest BCUT2D eigenvalue weighted by Gasteiger charge is 2.30. The summed E-state index contributed by atoms with van der Waals surface area (Å²) in [5.41, 5.74) is 1.75. The summed E-state index contributed by atoms with van der Waals surface area (Å²) in [5, 5.41) is 3.52. The van der Waals surface area contributed by atoms with Crippen LogP contribution in [0.3, 0.4) is 0 Å². The zero-order valence-electron chi connectivity index (χ0n) is 12.1. The molecule has 104 valence electrons. The number of nitrogens with zero attached hydrogens (tertiary/aromatic N) is 1. The molecule has 0 bridgehead atoms. The van der Waals surface area contributed by atoms with Crippen LogP contribution in [0.15, 0.2) is 24.3 Å². The Morgan fingerprint density at radius 3 is 2.89 bits per heavy atom. The summed E-state index contributed by atoms with van der Waals surface area (Å²) in [4.78, 5) is 13.9. The molecule has 0 spiro atoms. The minimum Gasteiger partial charge on any atom is -0.465 e. The van der Waals surface area contributed by atoms with Crippen LogP contribution in [0.5, 0.6) is 0 Å². The molecule has 4 nitrogen and oxygen atoms in total. The first kappa shape index (κ1) is 13.9. The lowest BCUT2D eigenvalue weighted by atomic mass is 9.98. The number of nitrogens with one attached hydrogen (secondary N) is 1. The summed E-state index contributed by atoms with van der Waals surface area (Å²) >= 11 is 0. The normalized spacial score (nSPS) is 22.1. The standard InChI is InChI=1S/C15H22N2O2/c1-11-9-16-15(2,3)10-17(11)13-7-5-6-12(8-13)14(18)19-4/h5-8,11,16H,9-10H2,1-4H3. The Hall–Kier alpha value is -1.55. The molecular weight excluding hydrogens is 240 g/mol. The van der Waals surface area contributed by atoms with Gasteiger partial charge in [0.2, 0.25) is 0 Å². The van der Waals surface area contributed by atoms with Gasteiger partial charge in [-0.1, -0.05) is 6.07 Å². The largest absolute Gasteiger partial charge is 0.465 e. The monoisotopic (exact) mass is 262 g/mol. The SMILES string of the molecule is COC(=O)c1cccc(N2CC(C)(C)NCC2C)c1. The van der Waals surface area contributed by atoms with Gasteiger partial charge in [0.1, 0.15) is 0 Å². The Kier molecular flexibility index (Phi) is 3.80. The number of carbonyl (C=O) groups is 1. The molecule has 1 saturated heterocycles. The van der Waals surface area contributed by atoms with Crippen LogP contribution < -0.4 is 10.2 Å². The first-order chi connectivity index (χ1) is 8.93. The maximum atomic E-state index is 11.6. The molecule has 1 fully saturated rings. The molecule has 1 heterocycles. The second-order valence-corrected chi connectivity index (χ2v) is 5.78. The molecule has 1 aromatic rings. The van der Waals surface area contributed by atoms with Crippen LogP contribution in [0.1, 0.15) is 31.1 Å². The van der Waals surface area contributed by atoms with Crippen LogP contribution in [0.25, 0.3) is 0 Å². The molecule has 0 radical (unpaired) electrons. The second kappa shape index (κ2) is 5.21. The number of rotatable bonds is 2. The van der Waals surface area contributed by atoms with Crippen molar-refractivity contribution in [3.63, 3.8) is 0 Å². The molecule has 0 aliphatic carbocycles. The van der Waals surface area contributed by atoms with Gasteiger partial charge in [0, 0.05) is 30.4 Å². The number of hydrogen-bond donors (Lipinski definition) is 1. The lowest BCUT2D eigenvalue weighted by molar-refractivity contribution is 0.0601. The fourth-order valence-corrected chi connectivity index (χ4v) is 2.45. The molecule has 1 aliphatic heterocycles. The third-order valence-corrected chi connectivity index (χ3v) is 3.57. The van der Waals surface area contributed by atoms with E-state index in [1.165, 1.54) is 7.11 Å². The van der Waals surface area contributed by atoms with Crippen molar-refractivity contribution in [3.8, 4) is 0 Å². The molecule has 19 heavy (non-hydrogen) atoms. The quantitative estimate of drug-likeness (QED) is 0.828. The van der Waals surface area contributed by atoms with Crippen molar-refractivity contribution in [2.24, 2.45) is 0 Å². The third kappa shape index (κ3) is 3.07. The number of benzene rings is 1. The van der Waals surface area contributed by atoms with E-state index in [0.717, 1.165) is 18.8 Å². The van der Waals surface area contributed by atoms with Crippen molar-refractivity contribution >= 4 is 11.7 Å². The van der Waals surface area contributed by atoms with E-state index in [1.807, 2.05) is 18.2 Å². The Bertz CT molecular complexity index is 471. The van der Waals surface area contributed by atoms with E-state index < -0.39 is 0 Å². The fraction of sp³-hybridized carbons (Fsp3) is 0.533. The molecule has 4 heteroatoms. The summed E-state index contributed by atoms with van der Waals surface area (Å²) in [6, 6.07) is 8.05. The van der Waals surface area contributed by atoms with Crippen molar-refractivity contribution in [2.45, 2.75) is 32.4 Å². The van der Waals surface area contributed by atoms with Gasteiger partial charge in [-0.05, 0) is 39.0 Å². The maximum Gasteiger partial charge on any atom is 0.337 e. The predicted octanol–water partition coefficient (Wildman–Crippen LogP) is 2.05. The van der Waals surface area contributed by atoms with Gasteiger partial charge in [0.15, 0.2) is 0 Å². The Balaban J connectivity index is 2.27. The van der Waals surface area contributed by atoms with Crippen molar-refractivity contribution in [2.75, 3.05) is 25.1 Å². The van der Waals surface area contributed by atoms with Crippen LogP contribution in [0.4, 0.5) is 5.69 Å². The molecule has 1 atom stereocenters. The highest BCUT2D eigenvalue weighted by atomic mass is 16.5. The van der Waals surface area contributed by atoms with Crippen LogP contribution in [-0.4, -0.2) is 37.7 Å². The van der Waals surface area contributed by atoms with E-state index >= 15 is 0 Å². The van der Waals surface area contributed by atoms with Gasteiger partial charge in [-0.15, -0.1) is 0 Å². The van der Waals surface area contributed by atoms with Gasteiger partial charge < -0.3 is 15.0 Å². The minimum atomic E-state index is -0.288. The smallest absolute Gasteiger partial charge is 0.337 e. The average molecular weight is 262 g/mol. The minimum absolute atomic E-state index is 0.0772. The van der Waals surface area contributed by atoms with Gasteiger partial charge in [-0.3, -0.25) is 0 Å². The summed E-state index contributed by atoms with van der Waals surface area (Å²) in [7, 11) is 1.41. The topological polar surface area (TPSA) is 41.6 Å². The fourth-order valence-electron chi connectivity index (χ4n) is 2.45. The summed E-state index contributed by atoms with van der Waals surface area (Å²) in [6.45, 7) is 8.42. The van der Waals surface area contributed by atoms with E-state index in [0.29, 0.717) is 11.6 Å². The first-order valence-electron chi connectivity index (χ1n) is 6.63. The highest BCUT2D eigenvalue weighted by Crippen LogP contribution is 2.24. The molecule has 1 N–H and O–H groups in total. The van der Waals surface area contributed by atoms with Crippen molar-refractivity contribution < 1.29 is 9.53 Å². The lowest BCUT2D eigenvalue weighted by Crippen LogP contribution is -2.61. The average Bonchev–Trinajstić information content (AvgIpc) is 2.41. The molecule has 0 aromatic heterocycles. The van der Waals surface area contributed by atoms with Crippen molar-refractivity contribution in [1.29, 1.82) is 0 Å². The van der Waals surface area contributed by atoms with E-state index in [4.69, 9.17) is 4.74 Å². The third-order valence-electron chi connectivity index (χ3n) is 3.57. The molecule has 0 saturated carbocycles. The highest BCUT2D eigenvalue weighted by molar-refractivity contribution is 5.90. The van der Waals surface area contributed by atoms with Crippen LogP contribution in [0, 0.1) is 0 Å². The second-order valence-electron chi connectivity index (χ2n) is 5.78. The predicted molar refractivity (Wildman–Crippen MR) is 76.7 cm³/mol. The number of hydrogen-bond acceptors (Lipinski definition) is 4. The van der Waals surface area contributed by atoms with E-state index in [9.17, 15) is 4.79 Å². The van der Waals surface area contributed by atoms with Gasteiger partial charge in [0.25, 0.3) is 0 Å². The van der Waals surface area contributed by atoms with Crippen LogP contribution >= 0.6 is 0 Å². The number of anilines is 1. The zero-order chi connectivity index (χ0) is 14.0. The van der Waals surface area contributed by atoms with Gasteiger partial charge >= 0.3 is 5.97 Å². The molecule has 0 amide bonds. The molecule has 1 unspecified atom stereocenters. The molecule has 2 rings (SSSR count). The number of esters is 1. The van der Waals surface area contributed by atoms with Crippen LogP contribution in [-0.2, 0) is 4.74 Å². The van der Waals surface area contributed by atoms with Gasteiger partial charge in [0.05, 0.1) is 12.7 Å². The molecule has 1 aliphatic rings. The summed E-state index contributed by atoms with van der Waals surface area (Å²) in [5.74, 6) is -0.288. The molecular formula is C15H22N2O2. The number of carbonyl (C=O) groups excluding carboxylic acids is 1. The summed E-state index contributed by atoms with van der Waals surface area (Å²) < 4.78 is 4.78. The maximum absolute atomic E-state index is 11.6. The zero-order valence-corrected chi connectivity index (χ0v) is 12.1. The van der Waals surface area contributed by atoms with Crippen LogP contribution in [0.2, 0.25) is 0 Å². The van der Waals surface area contributed by atoms with Gasteiger partial charge in [-0.2, -0.15) is 0 Å². The Morgan fingerprint density at radius 1 is 1.47 bits per heavy atom. The van der Waals surface area contributed by atoms with Gasteiger partial charge in [-0.25, -0.2) is 4.79 Å². The lowest BCUT2D eigenvalue weighted by Gasteiger charge is -2.44. The summed E-state index contributed by atoms with van der Waals surface area (Å²) in [6.07, 6.45) is 0. The Labute approximate surface area is 114 Å². The molecule has 1 aromatic carbocycles. The van der Waals surface area contributed by atoms with E-state index in [-0.39, 0.29) is 11.5 Å². The van der Waals surface area contributed by atoms with E-state index in [2.05, 4.69) is 31.0 Å².